The van der Waals surface area contributed by atoms with E-state index >= 15 is 0 Å². The van der Waals surface area contributed by atoms with Crippen molar-refractivity contribution in [2.45, 2.75) is 110 Å². The largest absolute Gasteiger partial charge is 0.335 e. The molecule has 0 aromatic carbocycles. The van der Waals surface area contributed by atoms with Gasteiger partial charge in [-0.15, -0.1) is 0 Å². The summed E-state index contributed by atoms with van der Waals surface area (Å²) in [7, 11) is 0. The SMILES string of the molecule is Cc1cc(Cl)nc(C)c1C(=O)CCCC(C)N1CCC(N(Cc2ccsc2)C(=O)CC2CCCCC2)CC1. The van der Waals surface area contributed by atoms with Crippen molar-refractivity contribution in [3.05, 3.63) is 50.4 Å². The van der Waals surface area contributed by atoms with E-state index in [2.05, 4.69) is 38.5 Å². The van der Waals surface area contributed by atoms with Crippen molar-refractivity contribution in [1.82, 2.24) is 14.8 Å². The summed E-state index contributed by atoms with van der Waals surface area (Å²) in [5.41, 5.74) is 3.62. The van der Waals surface area contributed by atoms with Gasteiger partial charge in [0.2, 0.25) is 5.91 Å². The molecule has 1 amide bonds. The molecule has 4 rings (SSSR count). The third kappa shape index (κ3) is 7.89. The second kappa shape index (κ2) is 14.0. The van der Waals surface area contributed by atoms with E-state index in [1.165, 1.54) is 37.7 Å². The van der Waals surface area contributed by atoms with E-state index in [9.17, 15) is 9.59 Å². The van der Waals surface area contributed by atoms with E-state index in [4.69, 9.17) is 11.6 Å². The molecule has 1 aliphatic heterocycles. The maximum atomic E-state index is 13.5. The van der Waals surface area contributed by atoms with E-state index in [0.717, 1.165) is 68.6 Å². The molecule has 7 heteroatoms. The number of carbonyl (C=O) groups is 2. The first kappa shape index (κ1) is 29.2. The molecule has 1 saturated heterocycles. The number of pyridine rings is 1. The summed E-state index contributed by atoms with van der Waals surface area (Å²) in [4.78, 5) is 35.4. The fourth-order valence-corrected chi connectivity index (χ4v) is 7.42. The third-order valence-electron chi connectivity index (χ3n) is 8.68. The zero-order valence-corrected chi connectivity index (χ0v) is 25.0. The van der Waals surface area contributed by atoms with E-state index in [1.807, 2.05) is 13.8 Å². The highest BCUT2D eigenvalue weighted by Gasteiger charge is 2.31. The van der Waals surface area contributed by atoms with Crippen LogP contribution >= 0.6 is 22.9 Å². The average molecular weight is 558 g/mol. The Bertz CT molecular complexity index is 1040. The van der Waals surface area contributed by atoms with Crippen molar-refractivity contribution in [2.24, 2.45) is 5.92 Å². The molecule has 0 spiro atoms. The van der Waals surface area contributed by atoms with Crippen LogP contribution < -0.4 is 0 Å². The average Bonchev–Trinajstić information content (AvgIpc) is 3.41. The summed E-state index contributed by atoms with van der Waals surface area (Å²) in [6, 6.07) is 4.68. The van der Waals surface area contributed by atoms with Crippen LogP contribution in [0.4, 0.5) is 0 Å². The number of halogens is 1. The minimum Gasteiger partial charge on any atom is -0.335 e. The first-order valence-corrected chi connectivity index (χ1v) is 15.9. The smallest absolute Gasteiger partial charge is 0.223 e. The van der Waals surface area contributed by atoms with Crippen LogP contribution in [0.5, 0.6) is 0 Å². The highest BCUT2D eigenvalue weighted by molar-refractivity contribution is 7.07. The predicted molar refractivity (Wildman–Crippen MR) is 157 cm³/mol. The molecule has 0 bridgehead atoms. The maximum Gasteiger partial charge on any atom is 0.223 e. The lowest BCUT2D eigenvalue weighted by molar-refractivity contribution is -0.136. The van der Waals surface area contributed by atoms with Crippen molar-refractivity contribution in [3.8, 4) is 0 Å². The molecule has 2 aromatic rings. The van der Waals surface area contributed by atoms with Crippen LogP contribution in [0.15, 0.2) is 22.9 Å². The molecule has 2 fully saturated rings. The molecule has 2 aromatic heterocycles. The van der Waals surface area contributed by atoms with Crippen LogP contribution in [0.3, 0.4) is 0 Å². The molecular formula is C31H44ClN3O2S. The minimum absolute atomic E-state index is 0.163. The van der Waals surface area contributed by atoms with Crippen molar-refractivity contribution in [1.29, 1.82) is 0 Å². The van der Waals surface area contributed by atoms with E-state index < -0.39 is 0 Å². The van der Waals surface area contributed by atoms with Crippen LogP contribution in [0.25, 0.3) is 0 Å². The molecule has 3 heterocycles. The van der Waals surface area contributed by atoms with Crippen molar-refractivity contribution >= 4 is 34.6 Å². The minimum atomic E-state index is 0.163. The molecule has 0 radical (unpaired) electrons. The number of amides is 1. The van der Waals surface area contributed by atoms with Crippen LogP contribution in [-0.4, -0.2) is 51.6 Å². The number of likely N-dealkylation sites (tertiary alicyclic amines) is 1. The Balaban J connectivity index is 1.27. The standard InChI is InChI=1S/C31H44ClN3O2S/c1-22-18-29(32)33-24(3)31(22)28(36)11-7-8-23(2)34-15-12-27(13-16-34)35(20-26-14-17-38-21-26)30(37)19-25-9-5-4-6-10-25/h14,17-18,21,23,25,27H,4-13,15-16,19-20H2,1-3H3. The van der Waals surface area contributed by atoms with Gasteiger partial charge in [0, 0.05) is 50.1 Å². The summed E-state index contributed by atoms with van der Waals surface area (Å²) < 4.78 is 0. The van der Waals surface area contributed by atoms with Gasteiger partial charge in [-0.25, -0.2) is 4.98 Å². The summed E-state index contributed by atoms with van der Waals surface area (Å²) in [5, 5.41) is 4.74. The number of aromatic nitrogens is 1. The van der Waals surface area contributed by atoms with Gasteiger partial charge in [0.15, 0.2) is 5.78 Å². The number of ketones is 1. The van der Waals surface area contributed by atoms with E-state index in [-0.39, 0.29) is 5.78 Å². The zero-order valence-electron chi connectivity index (χ0n) is 23.4. The normalized spacial score (nSPS) is 18.4. The first-order chi connectivity index (χ1) is 18.3. The van der Waals surface area contributed by atoms with Gasteiger partial charge in [0.1, 0.15) is 5.15 Å². The molecule has 38 heavy (non-hydrogen) atoms. The van der Waals surface area contributed by atoms with Gasteiger partial charge in [-0.3, -0.25) is 9.59 Å². The monoisotopic (exact) mass is 557 g/mol. The maximum absolute atomic E-state index is 13.5. The van der Waals surface area contributed by atoms with E-state index in [1.54, 1.807) is 17.4 Å². The highest BCUT2D eigenvalue weighted by atomic mass is 35.5. The predicted octanol–water partition coefficient (Wildman–Crippen LogP) is 7.62. The van der Waals surface area contributed by atoms with Crippen LogP contribution in [0, 0.1) is 19.8 Å². The molecule has 1 saturated carbocycles. The van der Waals surface area contributed by atoms with Gasteiger partial charge < -0.3 is 9.80 Å². The van der Waals surface area contributed by atoms with Gasteiger partial charge in [0.05, 0.1) is 5.69 Å². The number of carbonyl (C=O) groups excluding carboxylic acids is 2. The molecule has 5 nitrogen and oxygen atoms in total. The molecule has 0 N–H and O–H groups in total. The third-order valence-corrected chi connectivity index (χ3v) is 9.60. The second-order valence-corrected chi connectivity index (χ2v) is 12.7. The van der Waals surface area contributed by atoms with Crippen LogP contribution in [0.2, 0.25) is 5.15 Å². The Hall–Kier alpha value is -1.76. The molecule has 1 atom stereocenters. The molecule has 1 aliphatic carbocycles. The van der Waals surface area contributed by atoms with Gasteiger partial charge in [-0.05, 0) is 99.2 Å². The number of rotatable bonds is 11. The lowest BCUT2D eigenvalue weighted by Crippen LogP contribution is -2.49. The zero-order chi connectivity index (χ0) is 27.1. The number of aryl methyl sites for hydroxylation is 2. The lowest BCUT2D eigenvalue weighted by Gasteiger charge is -2.41. The Morgan fingerprint density at radius 2 is 1.89 bits per heavy atom. The summed E-state index contributed by atoms with van der Waals surface area (Å²) in [5.74, 6) is 1.09. The number of nitrogens with zero attached hydrogens (tertiary/aromatic N) is 3. The van der Waals surface area contributed by atoms with Crippen molar-refractivity contribution in [2.75, 3.05) is 13.1 Å². The lowest BCUT2D eigenvalue weighted by atomic mass is 9.86. The number of hydrogen-bond donors (Lipinski definition) is 0. The fourth-order valence-electron chi connectivity index (χ4n) is 6.47. The van der Waals surface area contributed by atoms with Crippen LogP contribution in [-0.2, 0) is 11.3 Å². The number of thiophene rings is 1. The summed E-state index contributed by atoms with van der Waals surface area (Å²) in [6.07, 6.45) is 11.5. The molecule has 2 aliphatic rings. The Morgan fingerprint density at radius 3 is 2.55 bits per heavy atom. The summed E-state index contributed by atoms with van der Waals surface area (Å²) in [6.45, 7) is 8.84. The topological polar surface area (TPSA) is 53.5 Å². The Kier molecular flexibility index (Phi) is 10.8. The van der Waals surface area contributed by atoms with Crippen LogP contribution in [0.1, 0.15) is 105 Å². The Morgan fingerprint density at radius 1 is 1.16 bits per heavy atom. The molecule has 208 valence electrons. The molecular weight excluding hydrogens is 514 g/mol. The van der Waals surface area contributed by atoms with Gasteiger partial charge >= 0.3 is 0 Å². The van der Waals surface area contributed by atoms with Crippen molar-refractivity contribution < 1.29 is 9.59 Å². The number of hydrogen-bond acceptors (Lipinski definition) is 5. The number of piperidine rings is 1. The van der Waals surface area contributed by atoms with E-state index in [0.29, 0.717) is 35.5 Å². The fraction of sp³-hybridized carbons (Fsp3) is 0.645. The summed E-state index contributed by atoms with van der Waals surface area (Å²) >= 11 is 7.75. The van der Waals surface area contributed by atoms with Crippen molar-refractivity contribution in [3.63, 3.8) is 0 Å². The number of Topliss-reactive ketones (excluding diaryl/α,β-unsaturated/α-hetero) is 1. The second-order valence-electron chi connectivity index (χ2n) is 11.5. The van der Waals surface area contributed by atoms with Gasteiger partial charge in [-0.2, -0.15) is 11.3 Å². The molecule has 1 unspecified atom stereocenters. The first-order valence-electron chi connectivity index (χ1n) is 14.5. The Labute approximate surface area is 238 Å². The quantitative estimate of drug-likeness (QED) is 0.211. The van der Waals surface area contributed by atoms with Gasteiger partial charge in [0.25, 0.3) is 0 Å². The highest BCUT2D eigenvalue weighted by Crippen LogP contribution is 2.29. The van der Waals surface area contributed by atoms with Gasteiger partial charge in [-0.1, -0.05) is 30.9 Å².